The maximum Gasteiger partial charge on any atom is 0.352 e. The summed E-state index contributed by atoms with van der Waals surface area (Å²) < 4.78 is 8.94. The van der Waals surface area contributed by atoms with Crippen molar-refractivity contribution >= 4 is 57.9 Å². The average Bonchev–Trinajstić information content (AvgIpc) is 3.26. The number of anilines is 1. The first-order valence-corrected chi connectivity index (χ1v) is 12.4. The number of carbonyl (C=O) groups is 4. The molecule has 0 bridgehead atoms. The van der Waals surface area contributed by atoms with Gasteiger partial charge < -0.3 is 25.7 Å². The summed E-state index contributed by atoms with van der Waals surface area (Å²) in [5, 5.41) is 15.7. The number of fused-ring (bicyclic) bond motifs is 1. The highest BCUT2D eigenvalue weighted by atomic mass is 32.2. The molecule has 4 rings (SSSR count). The molecule has 0 radical (unpaired) electrons. The van der Waals surface area contributed by atoms with Crippen LogP contribution in [-0.4, -0.2) is 78.7 Å². The number of nitrogens with zero attached hydrogens (tertiary/aromatic N) is 4. The first-order chi connectivity index (χ1) is 16.8. The highest BCUT2D eigenvalue weighted by Gasteiger charge is 2.54. The van der Waals surface area contributed by atoms with E-state index in [1.165, 1.54) is 18.7 Å². The van der Waals surface area contributed by atoms with Crippen LogP contribution in [0.5, 0.6) is 0 Å². The van der Waals surface area contributed by atoms with Gasteiger partial charge in [0.05, 0.1) is 0 Å². The van der Waals surface area contributed by atoms with Crippen LogP contribution in [0, 0.1) is 0 Å². The van der Waals surface area contributed by atoms with E-state index in [2.05, 4.69) is 19.8 Å². The van der Waals surface area contributed by atoms with Crippen molar-refractivity contribution in [2.75, 3.05) is 18.1 Å². The number of aliphatic carboxylic acids is 1. The monoisotopic (exact) mass is 522 g/mol. The van der Waals surface area contributed by atoms with Gasteiger partial charge in [-0.3, -0.25) is 19.3 Å². The van der Waals surface area contributed by atoms with Crippen LogP contribution < -0.4 is 11.1 Å². The summed E-state index contributed by atoms with van der Waals surface area (Å²) in [7, 11) is 0. The number of nitrogens with two attached hydrogens (primary N) is 1. The van der Waals surface area contributed by atoms with E-state index < -0.39 is 35.2 Å². The van der Waals surface area contributed by atoms with Gasteiger partial charge in [-0.25, -0.2) is 4.79 Å². The van der Waals surface area contributed by atoms with Crippen LogP contribution in [0.2, 0.25) is 0 Å². The second kappa shape index (κ2) is 10.4. The molecule has 1 aromatic rings. The van der Waals surface area contributed by atoms with Gasteiger partial charge in [0.1, 0.15) is 29.8 Å². The third kappa shape index (κ3) is 5.30. The molecular formula is C20H22N6O7S2. The highest BCUT2D eigenvalue weighted by molar-refractivity contribution is 8.00. The lowest BCUT2D eigenvalue weighted by molar-refractivity contribution is -0.150. The Labute approximate surface area is 207 Å². The van der Waals surface area contributed by atoms with Gasteiger partial charge in [-0.15, -0.1) is 11.8 Å². The number of nitrogen functional groups attached to an aromatic ring is 1. The number of nitrogens with one attached hydrogen (secondary N) is 1. The number of amides is 2. The maximum absolute atomic E-state index is 13.1. The van der Waals surface area contributed by atoms with Crippen LogP contribution in [0.15, 0.2) is 28.6 Å². The summed E-state index contributed by atoms with van der Waals surface area (Å²) in [5.41, 5.74) is 5.46. The molecule has 13 nitrogen and oxygen atoms in total. The lowest BCUT2D eigenvalue weighted by Gasteiger charge is -2.49. The van der Waals surface area contributed by atoms with Crippen molar-refractivity contribution < 1.29 is 33.9 Å². The minimum absolute atomic E-state index is 0.0421. The fourth-order valence-corrected chi connectivity index (χ4v) is 5.46. The quantitative estimate of drug-likeness (QED) is 0.140. The molecule has 1 aromatic heterocycles. The number of β-lactam (4-membered cyclic amide) rings is 1. The summed E-state index contributed by atoms with van der Waals surface area (Å²) >= 11 is 2.12. The van der Waals surface area contributed by atoms with Gasteiger partial charge in [0.2, 0.25) is 11.5 Å². The lowest BCUT2D eigenvalue weighted by Crippen LogP contribution is -2.71. The summed E-state index contributed by atoms with van der Waals surface area (Å²) in [4.78, 5) is 59.5. The van der Waals surface area contributed by atoms with Crippen LogP contribution >= 0.6 is 23.3 Å². The Balaban J connectivity index is 1.51. The Hall–Kier alpha value is -3.46. The molecule has 186 valence electrons. The van der Waals surface area contributed by atoms with Crippen LogP contribution in [0.4, 0.5) is 5.13 Å². The van der Waals surface area contributed by atoms with Gasteiger partial charge in [0, 0.05) is 29.8 Å². The fraction of sp³-hybridized carbons (Fsp3) is 0.450. The smallest absolute Gasteiger partial charge is 0.352 e. The zero-order valence-corrected chi connectivity index (χ0v) is 20.1. The Morgan fingerprint density at radius 3 is 2.83 bits per heavy atom. The van der Waals surface area contributed by atoms with E-state index in [1.54, 1.807) is 0 Å². The number of aromatic nitrogens is 2. The first kappa shape index (κ1) is 24.7. The molecule has 1 saturated heterocycles. The Kier molecular flexibility index (Phi) is 7.35. The number of esters is 1. The van der Waals surface area contributed by atoms with Crippen molar-refractivity contribution in [3.63, 3.8) is 0 Å². The van der Waals surface area contributed by atoms with E-state index in [1.807, 2.05) is 12.2 Å². The molecule has 1 aliphatic carbocycles. The zero-order chi connectivity index (χ0) is 25.1. The van der Waals surface area contributed by atoms with E-state index in [9.17, 15) is 24.3 Å². The molecule has 0 spiro atoms. The van der Waals surface area contributed by atoms with Crippen molar-refractivity contribution in [1.29, 1.82) is 0 Å². The summed E-state index contributed by atoms with van der Waals surface area (Å²) in [6.07, 6.45) is 6.10. The number of rotatable bonds is 8. The minimum atomic E-state index is -1.33. The third-order valence-electron chi connectivity index (χ3n) is 5.34. The number of carbonyl (C=O) groups excluding carboxylic acids is 3. The van der Waals surface area contributed by atoms with Crippen molar-refractivity contribution in [3.05, 3.63) is 29.2 Å². The number of carboxylic acids is 1. The molecule has 15 heteroatoms. The first-order valence-electron chi connectivity index (χ1n) is 10.6. The zero-order valence-electron chi connectivity index (χ0n) is 18.5. The summed E-state index contributed by atoms with van der Waals surface area (Å²) in [6, 6.07) is -1.01. The molecule has 2 aliphatic heterocycles. The molecule has 35 heavy (non-hydrogen) atoms. The fourth-order valence-electron chi connectivity index (χ4n) is 3.70. The molecule has 3 atom stereocenters. The van der Waals surface area contributed by atoms with Crippen LogP contribution in [-0.2, 0) is 28.8 Å². The number of carboxylic acid groups (broad SMARTS) is 1. The normalized spacial score (nSPS) is 23.9. The molecule has 3 heterocycles. The van der Waals surface area contributed by atoms with Gasteiger partial charge >= 0.3 is 11.9 Å². The molecule has 4 N–H and O–H groups in total. The van der Waals surface area contributed by atoms with Crippen molar-refractivity contribution in [3.8, 4) is 0 Å². The second-order valence-corrected chi connectivity index (χ2v) is 9.69. The Morgan fingerprint density at radius 1 is 1.40 bits per heavy atom. The van der Waals surface area contributed by atoms with E-state index in [4.69, 9.17) is 15.3 Å². The lowest BCUT2D eigenvalue weighted by atomic mass is 10.0. The number of allylic oxidation sites excluding steroid dienone is 1. The van der Waals surface area contributed by atoms with Crippen LogP contribution in [0.3, 0.4) is 0 Å². The summed E-state index contributed by atoms with van der Waals surface area (Å²) in [5.74, 6) is -3.10. The second-order valence-electron chi connectivity index (χ2n) is 7.80. The minimum Gasteiger partial charge on any atom is -0.477 e. The molecule has 1 fully saturated rings. The predicted octanol–water partition coefficient (Wildman–Crippen LogP) is 0.251. The van der Waals surface area contributed by atoms with E-state index in [0.29, 0.717) is 5.57 Å². The third-order valence-corrected chi connectivity index (χ3v) is 7.23. The van der Waals surface area contributed by atoms with Gasteiger partial charge in [-0.1, -0.05) is 11.2 Å². The van der Waals surface area contributed by atoms with Crippen LogP contribution in [0.1, 0.15) is 32.0 Å². The number of ether oxygens (including phenoxy) is 1. The van der Waals surface area contributed by atoms with Crippen molar-refractivity contribution in [1.82, 2.24) is 19.6 Å². The number of hydrogen-bond acceptors (Lipinski definition) is 12. The van der Waals surface area contributed by atoms with Gasteiger partial charge in [0.15, 0.2) is 5.13 Å². The molecule has 2 amide bonds. The highest BCUT2D eigenvalue weighted by Crippen LogP contribution is 2.40. The standard InChI is InChI=1S/C20H22N6O7S2/c1-9(27)32-7-10-8-34-18-13(17(29)26(18)14(10)19(30)31)22-16(28)12(15-23-20(21)35-25-15)24-33-11-5-3-2-4-6-11/h3,5,11,13,18H,2,4,6-8H2,1H3,(H,22,28)(H,30,31)(H2,21,23,25)/t11?,13-,18-/m1/s1. The van der Waals surface area contributed by atoms with Gasteiger partial charge in [0.25, 0.3) is 11.8 Å². The number of thioether (sulfide) groups is 1. The van der Waals surface area contributed by atoms with Crippen molar-refractivity contribution in [2.24, 2.45) is 5.16 Å². The van der Waals surface area contributed by atoms with Gasteiger partial charge in [-0.2, -0.15) is 9.36 Å². The van der Waals surface area contributed by atoms with E-state index in [-0.39, 0.29) is 40.8 Å². The molecule has 1 unspecified atom stereocenters. The van der Waals surface area contributed by atoms with E-state index in [0.717, 1.165) is 35.7 Å². The topological polar surface area (TPSA) is 186 Å². The molecule has 0 saturated carbocycles. The Bertz CT molecular complexity index is 1150. The average molecular weight is 523 g/mol. The summed E-state index contributed by atoms with van der Waals surface area (Å²) in [6.45, 7) is 0.969. The molecular weight excluding hydrogens is 500 g/mol. The van der Waals surface area contributed by atoms with E-state index >= 15 is 0 Å². The molecule has 0 aromatic carbocycles. The number of hydrogen-bond donors (Lipinski definition) is 3. The predicted molar refractivity (Wildman–Crippen MR) is 125 cm³/mol. The number of oxime groups is 1. The molecule has 3 aliphatic rings. The SMILES string of the molecule is CC(=O)OCC1=C(C(=O)O)N2C(=O)[C@@H](NC(=O)C(=NOC3C=CCCC3)c3nsc(N)n3)[C@H]2SC1. The van der Waals surface area contributed by atoms with Crippen molar-refractivity contribution in [2.45, 2.75) is 43.7 Å². The van der Waals surface area contributed by atoms with Crippen LogP contribution in [0.25, 0.3) is 0 Å². The maximum atomic E-state index is 13.1. The Morgan fingerprint density at radius 2 is 2.20 bits per heavy atom. The van der Waals surface area contributed by atoms with Gasteiger partial charge in [-0.05, 0) is 25.3 Å². The largest absolute Gasteiger partial charge is 0.477 e.